The zero-order valence-electron chi connectivity index (χ0n) is 9.19. The van der Waals surface area contributed by atoms with Crippen LogP contribution >= 0.6 is 0 Å². The number of rotatable bonds is 6. The highest BCUT2D eigenvalue weighted by Crippen LogP contribution is 2.20. The van der Waals surface area contributed by atoms with E-state index in [2.05, 4.69) is 27.7 Å². The second-order valence-corrected chi connectivity index (χ2v) is 4.61. The molecule has 0 aliphatic heterocycles. The quantitative estimate of drug-likeness (QED) is 0.607. The predicted molar refractivity (Wildman–Crippen MR) is 59.0 cm³/mol. The molecule has 12 heavy (non-hydrogen) atoms. The molecule has 1 nitrogen and oxygen atoms in total. The van der Waals surface area contributed by atoms with E-state index in [9.17, 15) is 0 Å². The van der Waals surface area contributed by atoms with Gasteiger partial charge in [-0.2, -0.15) is 0 Å². The molecule has 1 atom stereocenters. The van der Waals surface area contributed by atoms with Crippen molar-refractivity contribution in [1.29, 1.82) is 0 Å². The molecule has 0 aromatic carbocycles. The minimum absolute atomic E-state index is 0.0222. The molecule has 1 unspecified atom stereocenters. The molecular weight excluding hydrogens is 145 g/mol. The Morgan fingerprint density at radius 3 is 2.25 bits per heavy atom. The van der Waals surface area contributed by atoms with Gasteiger partial charge in [-0.3, -0.25) is 0 Å². The van der Waals surface area contributed by atoms with Crippen LogP contribution in [0.15, 0.2) is 0 Å². The lowest BCUT2D eigenvalue weighted by Crippen LogP contribution is -2.41. The molecule has 0 radical (unpaired) electrons. The highest BCUT2D eigenvalue weighted by Gasteiger charge is 2.19. The number of hydrogen-bond donors (Lipinski definition) is 1. The Bertz CT molecular complexity index is 107. The lowest BCUT2D eigenvalue weighted by molar-refractivity contribution is 0.620. The molecule has 0 aliphatic rings. The maximum absolute atomic E-state index is 5.98. The molecule has 0 heterocycles. The van der Waals surface area contributed by atoms with Gasteiger partial charge in [0.05, 0.1) is 0 Å². The first kappa shape index (κ1) is 12.0. The van der Waals surface area contributed by atoms with Crippen molar-refractivity contribution in [1.82, 2.24) is 0 Å². The van der Waals surface area contributed by atoms with Crippen LogP contribution in [0.5, 0.6) is 0 Å². The molecule has 2 N–H and O–H groups in total. The van der Waals surface area contributed by atoms with E-state index < -0.39 is 0 Å². The lowest BCUT2D eigenvalue weighted by atomic mass is 9.50. The first-order valence-corrected chi connectivity index (χ1v) is 5.28. The van der Waals surface area contributed by atoms with Crippen LogP contribution in [0, 0.1) is 0 Å². The van der Waals surface area contributed by atoms with Crippen LogP contribution in [0.1, 0.15) is 53.4 Å². The van der Waals surface area contributed by atoms with Crippen LogP contribution in [-0.4, -0.2) is 12.7 Å². The number of hydrogen-bond acceptors (Lipinski definition) is 1. The van der Waals surface area contributed by atoms with Crippen molar-refractivity contribution in [3.8, 4) is 0 Å². The summed E-state index contributed by atoms with van der Waals surface area (Å²) >= 11 is 0. The Morgan fingerprint density at radius 1 is 1.33 bits per heavy atom. The zero-order chi connectivity index (χ0) is 9.61. The highest BCUT2D eigenvalue weighted by molar-refractivity contribution is 6.41. The molecule has 0 aliphatic carbocycles. The van der Waals surface area contributed by atoms with Crippen molar-refractivity contribution in [2.45, 2.75) is 64.6 Å². The van der Waals surface area contributed by atoms with E-state index in [0.29, 0.717) is 0 Å². The Kier molecular flexibility index (Phi) is 5.64. The molecule has 0 rings (SSSR count). The van der Waals surface area contributed by atoms with Crippen LogP contribution in [0.4, 0.5) is 0 Å². The molecule has 2 heteroatoms. The van der Waals surface area contributed by atoms with Crippen LogP contribution in [0.3, 0.4) is 0 Å². The van der Waals surface area contributed by atoms with Crippen molar-refractivity contribution < 1.29 is 0 Å². The second kappa shape index (κ2) is 5.63. The topological polar surface area (TPSA) is 26.0 Å². The third kappa shape index (κ3) is 6.72. The highest BCUT2D eigenvalue weighted by atomic mass is 14.6. The largest absolute Gasteiger partial charge is 0.333 e. The van der Waals surface area contributed by atoms with E-state index >= 15 is 0 Å². The summed E-state index contributed by atoms with van der Waals surface area (Å²) in [7, 11) is 1.17. The fraction of sp³-hybridized carbons (Fsp3) is 1.00. The fourth-order valence-corrected chi connectivity index (χ4v) is 1.69. The Labute approximate surface area is 78.4 Å². The van der Waals surface area contributed by atoms with E-state index in [4.69, 9.17) is 5.73 Å². The normalized spacial score (nSPS) is 14.4. The summed E-state index contributed by atoms with van der Waals surface area (Å²) in [6, 6.07) is 0. The minimum atomic E-state index is 0.0222. The van der Waals surface area contributed by atoms with E-state index in [0.717, 1.165) is 5.82 Å². The molecule has 72 valence electrons. The van der Waals surface area contributed by atoms with Gasteiger partial charge >= 0.3 is 0 Å². The molecule has 0 spiro atoms. The lowest BCUT2D eigenvalue weighted by Gasteiger charge is -2.23. The molecule has 0 aromatic heterocycles. The standard InChI is InChI=1S/C10H24BN/c1-5-7-8-9(6-2)11-10(3,4)12/h9,11H,5-8,12H2,1-4H3. The number of unbranched alkanes of at least 4 members (excludes halogenated alkanes) is 1. The third-order valence-corrected chi connectivity index (χ3v) is 2.36. The Morgan fingerprint density at radius 2 is 1.92 bits per heavy atom. The minimum Gasteiger partial charge on any atom is -0.333 e. The SMILES string of the molecule is CCCCC(BC(C)(C)N)CC. The maximum Gasteiger partial charge on any atom is 0.148 e. The molecule has 0 saturated carbocycles. The van der Waals surface area contributed by atoms with Gasteiger partial charge in [-0.15, -0.1) is 0 Å². The summed E-state index contributed by atoms with van der Waals surface area (Å²) in [6.07, 6.45) is 5.30. The van der Waals surface area contributed by atoms with Gasteiger partial charge in [-0.1, -0.05) is 59.2 Å². The van der Waals surface area contributed by atoms with Gasteiger partial charge in [0.1, 0.15) is 7.28 Å². The van der Waals surface area contributed by atoms with Crippen molar-refractivity contribution in [2.24, 2.45) is 5.73 Å². The smallest absolute Gasteiger partial charge is 0.148 e. The zero-order valence-corrected chi connectivity index (χ0v) is 9.19. The molecule has 0 fully saturated rings. The number of nitrogens with two attached hydrogens (primary N) is 1. The second-order valence-electron chi connectivity index (χ2n) is 4.61. The van der Waals surface area contributed by atoms with E-state index in [-0.39, 0.29) is 5.44 Å². The molecular formula is C10H24BN. The van der Waals surface area contributed by atoms with Crippen LogP contribution < -0.4 is 5.73 Å². The monoisotopic (exact) mass is 169 g/mol. The van der Waals surface area contributed by atoms with Crippen molar-refractivity contribution in [3.05, 3.63) is 0 Å². The summed E-state index contributed by atoms with van der Waals surface area (Å²) < 4.78 is 0. The van der Waals surface area contributed by atoms with Gasteiger partial charge in [-0.05, 0) is 5.44 Å². The average Bonchev–Trinajstić information content (AvgIpc) is 1.95. The molecule has 0 bridgehead atoms. The van der Waals surface area contributed by atoms with Gasteiger partial charge in [0.25, 0.3) is 0 Å². The van der Waals surface area contributed by atoms with Gasteiger partial charge in [-0.25, -0.2) is 0 Å². The average molecular weight is 169 g/mol. The summed E-state index contributed by atoms with van der Waals surface area (Å²) in [5.74, 6) is 0.838. The van der Waals surface area contributed by atoms with Crippen molar-refractivity contribution in [3.63, 3.8) is 0 Å². The fourth-order valence-electron chi connectivity index (χ4n) is 1.69. The van der Waals surface area contributed by atoms with Crippen LogP contribution in [-0.2, 0) is 0 Å². The first-order chi connectivity index (χ1) is 5.49. The van der Waals surface area contributed by atoms with Crippen molar-refractivity contribution in [2.75, 3.05) is 0 Å². The summed E-state index contributed by atoms with van der Waals surface area (Å²) in [4.78, 5) is 0. The summed E-state index contributed by atoms with van der Waals surface area (Å²) in [6.45, 7) is 8.77. The van der Waals surface area contributed by atoms with E-state index in [1.165, 1.54) is 33.0 Å². The third-order valence-electron chi connectivity index (χ3n) is 2.36. The Balaban J connectivity index is 3.67. The summed E-state index contributed by atoms with van der Waals surface area (Å²) in [5.41, 5.74) is 6.01. The van der Waals surface area contributed by atoms with Crippen LogP contribution in [0.25, 0.3) is 0 Å². The van der Waals surface area contributed by atoms with E-state index in [1.54, 1.807) is 0 Å². The predicted octanol–water partition coefficient (Wildman–Crippen LogP) is 2.51. The van der Waals surface area contributed by atoms with E-state index in [1.807, 2.05) is 0 Å². The Hall–Kier alpha value is 0.0249. The summed E-state index contributed by atoms with van der Waals surface area (Å²) in [5, 5.41) is 0. The van der Waals surface area contributed by atoms with Crippen molar-refractivity contribution >= 4 is 7.28 Å². The van der Waals surface area contributed by atoms with Gasteiger partial charge < -0.3 is 5.73 Å². The molecule has 0 aromatic rings. The van der Waals surface area contributed by atoms with Gasteiger partial charge in [0.2, 0.25) is 0 Å². The molecule has 0 saturated heterocycles. The maximum atomic E-state index is 5.98. The van der Waals surface area contributed by atoms with Gasteiger partial charge in [0.15, 0.2) is 0 Å². The van der Waals surface area contributed by atoms with Crippen LogP contribution in [0.2, 0.25) is 5.82 Å². The molecule has 0 amide bonds. The first-order valence-electron chi connectivity index (χ1n) is 5.28. The van der Waals surface area contributed by atoms with Gasteiger partial charge in [0, 0.05) is 0 Å².